The minimum atomic E-state index is -1.01. The van der Waals surface area contributed by atoms with Crippen molar-refractivity contribution < 1.29 is 14.3 Å². The zero-order chi connectivity index (χ0) is 16.2. The number of hydrogen-bond acceptors (Lipinski definition) is 3. The normalized spacial score (nSPS) is 23.5. The summed E-state index contributed by atoms with van der Waals surface area (Å²) in [4.78, 5) is 11.8. The van der Waals surface area contributed by atoms with Gasteiger partial charge in [0.15, 0.2) is 0 Å². The standard InChI is InChI=1S/C18H25NO3/c1-5-21-18(12-11-14-9-7-6-8-10-14)15(13-17(2,3)4)19-16(20)22-18/h6-10,13H,5,11-12H2,1-4H3,(H,19,20)/b15-13-. The Hall–Kier alpha value is -1.81. The summed E-state index contributed by atoms with van der Waals surface area (Å²) in [6.45, 7) is 8.63. The molecule has 1 fully saturated rings. The van der Waals surface area contributed by atoms with E-state index < -0.39 is 11.9 Å². The Labute approximate surface area is 132 Å². The zero-order valence-corrected chi connectivity index (χ0v) is 13.8. The van der Waals surface area contributed by atoms with E-state index in [0.717, 1.165) is 6.42 Å². The van der Waals surface area contributed by atoms with Crippen molar-refractivity contribution in [3.8, 4) is 0 Å². The van der Waals surface area contributed by atoms with Gasteiger partial charge in [-0.05, 0) is 24.3 Å². The van der Waals surface area contributed by atoms with Crippen molar-refractivity contribution in [3.63, 3.8) is 0 Å². The van der Waals surface area contributed by atoms with Gasteiger partial charge < -0.3 is 9.47 Å². The molecule has 4 nitrogen and oxygen atoms in total. The van der Waals surface area contributed by atoms with Crippen molar-refractivity contribution in [1.29, 1.82) is 0 Å². The van der Waals surface area contributed by atoms with Gasteiger partial charge in [0.05, 0.1) is 5.70 Å². The largest absolute Gasteiger partial charge is 0.414 e. The highest BCUT2D eigenvalue weighted by molar-refractivity contribution is 5.74. The summed E-state index contributed by atoms with van der Waals surface area (Å²) in [5.41, 5.74) is 1.83. The van der Waals surface area contributed by atoms with Crippen LogP contribution in [0.1, 0.15) is 39.7 Å². The number of allylic oxidation sites excluding steroid dienone is 1. The highest BCUT2D eigenvalue weighted by Crippen LogP contribution is 2.35. The molecular formula is C18H25NO3. The number of amides is 1. The lowest BCUT2D eigenvalue weighted by molar-refractivity contribution is -0.161. The minimum Gasteiger partial charge on any atom is -0.411 e. The molecule has 1 heterocycles. The van der Waals surface area contributed by atoms with Crippen LogP contribution in [0, 0.1) is 5.41 Å². The molecule has 1 aliphatic rings. The second-order valence-corrected chi connectivity index (χ2v) is 6.61. The topological polar surface area (TPSA) is 47.6 Å². The number of carbonyl (C=O) groups is 1. The molecule has 120 valence electrons. The molecule has 0 radical (unpaired) electrons. The molecule has 1 atom stereocenters. The fourth-order valence-corrected chi connectivity index (χ4v) is 2.57. The number of benzene rings is 1. The Bertz CT molecular complexity index is 545. The first kappa shape index (κ1) is 16.6. The van der Waals surface area contributed by atoms with E-state index in [4.69, 9.17) is 9.47 Å². The van der Waals surface area contributed by atoms with Gasteiger partial charge in [0, 0.05) is 13.0 Å². The minimum absolute atomic E-state index is 0.0780. The Balaban J connectivity index is 2.25. The lowest BCUT2D eigenvalue weighted by Crippen LogP contribution is -2.36. The Morgan fingerprint density at radius 2 is 1.95 bits per heavy atom. The zero-order valence-electron chi connectivity index (χ0n) is 13.8. The van der Waals surface area contributed by atoms with Crippen LogP contribution in [0.2, 0.25) is 0 Å². The molecule has 0 bridgehead atoms. The SMILES string of the molecule is CCOC1(CCc2ccccc2)OC(=O)N/C1=C\C(C)(C)C. The predicted octanol–water partition coefficient (Wildman–Crippen LogP) is 4.02. The summed E-state index contributed by atoms with van der Waals surface area (Å²) in [5, 5.41) is 2.80. The van der Waals surface area contributed by atoms with Gasteiger partial charge in [0.1, 0.15) is 0 Å². The van der Waals surface area contributed by atoms with Gasteiger partial charge in [-0.15, -0.1) is 0 Å². The molecular weight excluding hydrogens is 278 g/mol. The summed E-state index contributed by atoms with van der Waals surface area (Å²) >= 11 is 0. The lowest BCUT2D eigenvalue weighted by Gasteiger charge is -2.29. The maximum Gasteiger partial charge on any atom is 0.414 e. The molecule has 1 aromatic rings. The number of nitrogens with one attached hydrogen (secondary N) is 1. The first-order valence-corrected chi connectivity index (χ1v) is 7.76. The van der Waals surface area contributed by atoms with E-state index in [1.807, 2.05) is 31.2 Å². The first-order valence-electron chi connectivity index (χ1n) is 7.76. The smallest absolute Gasteiger partial charge is 0.411 e. The summed E-state index contributed by atoms with van der Waals surface area (Å²) in [6.07, 6.45) is 2.93. The molecule has 2 rings (SSSR count). The molecule has 0 saturated carbocycles. The molecule has 0 spiro atoms. The van der Waals surface area contributed by atoms with Gasteiger partial charge in [-0.25, -0.2) is 4.79 Å². The van der Waals surface area contributed by atoms with E-state index in [0.29, 0.717) is 18.7 Å². The Morgan fingerprint density at radius 3 is 2.55 bits per heavy atom. The lowest BCUT2D eigenvalue weighted by atomic mass is 9.92. The van der Waals surface area contributed by atoms with Crippen molar-refractivity contribution >= 4 is 6.09 Å². The molecule has 22 heavy (non-hydrogen) atoms. The average Bonchev–Trinajstić information content (AvgIpc) is 2.72. The molecule has 1 unspecified atom stereocenters. The molecule has 4 heteroatoms. The van der Waals surface area contributed by atoms with Crippen LogP contribution in [0.3, 0.4) is 0 Å². The van der Waals surface area contributed by atoms with E-state index >= 15 is 0 Å². The number of ether oxygens (including phenoxy) is 2. The second kappa shape index (κ2) is 6.53. The highest BCUT2D eigenvalue weighted by atomic mass is 16.7. The van der Waals surface area contributed by atoms with E-state index in [-0.39, 0.29) is 5.41 Å². The summed E-state index contributed by atoms with van der Waals surface area (Å²) in [6, 6.07) is 10.1. The Kier molecular flexibility index (Phi) is 4.91. The summed E-state index contributed by atoms with van der Waals surface area (Å²) in [5.74, 6) is -1.01. The monoisotopic (exact) mass is 303 g/mol. The van der Waals surface area contributed by atoms with Gasteiger partial charge in [-0.1, -0.05) is 57.2 Å². The number of alkyl carbamates (subject to hydrolysis) is 1. The fraction of sp³-hybridized carbons (Fsp3) is 0.500. The molecule has 1 saturated heterocycles. The summed E-state index contributed by atoms with van der Waals surface area (Å²) < 4.78 is 11.4. The van der Waals surface area contributed by atoms with Crippen molar-refractivity contribution in [1.82, 2.24) is 5.32 Å². The van der Waals surface area contributed by atoms with Crippen molar-refractivity contribution in [2.75, 3.05) is 6.61 Å². The number of carbonyl (C=O) groups excluding carboxylic acids is 1. The molecule has 1 aromatic carbocycles. The van der Waals surface area contributed by atoms with Crippen LogP contribution in [0.5, 0.6) is 0 Å². The molecule has 0 aromatic heterocycles. The number of hydrogen-bond donors (Lipinski definition) is 1. The highest BCUT2D eigenvalue weighted by Gasteiger charge is 2.46. The third-order valence-corrected chi connectivity index (χ3v) is 3.45. The Morgan fingerprint density at radius 1 is 1.27 bits per heavy atom. The fourth-order valence-electron chi connectivity index (χ4n) is 2.57. The first-order chi connectivity index (χ1) is 10.3. The third kappa shape index (κ3) is 4.10. The van der Waals surface area contributed by atoms with E-state index in [1.165, 1.54) is 5.56 Å². The van der Waals surface area contributed by atoms with Crippen LogP contribution in [-0.2, 0) is 15.9 Å². The van der Waals surface area contributed by atoms with Gasteiger partial charge >= 0.3 is 6.09 Å². The van der Waals surface area contributed by atoms with Gasteiger partial charge in [-0.3, -0.25) is 5.32 Å². The van der Waals surface area contributed by atoms with E-state index in [1.54, 1.807) is 0 Å². The molecule has 0 aliphatic carbocycles. The van der Waals surface area contributed by atoms with Crippen LogP contribution in [0.25, 0.3) is 0 Å². The maximum absolute atomic E-state index is 11.8. The van der Waals surface area contributed by atoms with Crippen molar-refractivity contribution in [2.45, 2.75) is 46.3 Å². The summed E-state index contributed by atoms with van der Waals surface area (Å²) in [7, 11) is 0. The van der Waals surface area contributed by atoms with Crippen molar-refractivity contribution in [2.24, 2.45) is 5.41 Å². The van der Waals surface area contributed by atoms with Crippen LogP contribution >= 0.6 is 0 Å². The van der Waals surface area contributed by atoms with Crippen molar-refractivity contribution in [3.05, 3.63) is 47.7 Å². The second-order valence-electron chi connectivity index (χ2n) is 6.61. The number of aryl methyl sites for hydroxylation is 1. The van der Waals surface area contributed by atoms with Gasteiger partial charge in [0.25, 0.3) is 5.79 Å². The van der Waals surface area contributed by atoms with Crippen LogP contribution in [0.15, 0.2) is 42.1 Å². The van der Waals surface area contributed by atoms with E-state index in [9.17, 15) is 4.79 Å². The van der Waals surface area contributed by atoms with Crippen LogP contribution < -0.4 is 5.32 Å². The molecule has 1 aliphatic heterocycles. The van der Waals surface area contributed by atoms with Crippen LogP contribution in [0.4, 0.5) is 4.79 Å². The molecule has 1 amide bonds. The van der Waals surface area contributed by atoms with Gasteiger partial charge in [-0.2, -0.15) is 0 Å². The number of rotatable bonds is 5. The maximum atomic E-state index is 11.8. The van der Waals surface area contributed by atoms with E-state index in [2.05, 4.69) is 38.2 Å². The predicted molar refractivity (Wildman–Crippen MR) is 86.3 cm³/mol. The van der Waals surface area contributed by atoms with Crippen LogP contribution in [-0.4, -0.2) is 18.5 Å². The quantitative estimate of drug-likeness (QED) is 0.893. The third-order valence-electron chi connectivity index (χ3n) is 3.45. The average molecular weight is 303 g/mol. The number of cyclic esters (lactones) is 1. The molecule has 1 N–H and O–H groups in total. The van der Waals surface area contributed by atoms with Gasteiger partial charge in [0.2, 0.25) is 0 Å².